The number of nitrogens with zero attached hydrogens (tertiary/aromatic N) is 3. The van der Waals surface area contributed by atoms with Crippen LogP contribution < -0.4 is 9.16 Å². The van der Waals surface area contributed by atoms with Crippen LogP contribution in [0.4, 0.5) is 0 Å². The third-order valence-corrected chi connectivity index (χ3v) is 14.0. The van der Waals surface area contributed by atoms with Gasteiger partial charge in [0.25, 0.3) is 8.32 Å². The normalized spacial score (nSPS) is 17.6. The fraction of sp³-hybridized carbons (Fsp3) is 0.647. The zero-order valence-corrected chi connectivity index (χ0v) is 27.7. The summed E-state index contributed by atoms with van der Waals surface area (Å²) in [6, 6.07) is 8.22. The lowest BCUT2D eigenvalue weighted by atomic mass is 9.84. The molecule has 4 rings (SSSR count). The van der Waals surface area contributed by atoms with E-state index in [9.17, 15) is 0 Å². The van der Waals surface area contributed by atoms with E-state index in [4.69, 9.17) is 9.16 Å². The number of ether oxygens (including phenoxy) is 1. The molecule has 3 aromatic rings. The van der Waals surface area contributed by atoms with Gasteiger partial charge >= 0.3 is 0 Å². The molecule has 2 aromatic carbocycles. The van der Waals surface area contributed by atoms with Gasteiger partial charge in [-0.25, -0.2) is 4.68 Å². The van der Waals surface area contributed by atoms with Crippen LogP contribution in [0.1, 0.15) is 108 Å². The van der Waals surface area contributed by atoms with E-state index in [1.807, 2.05) is 16.8 Å². The summed E-state index contributed by atoms with van der Waals surface area (Å²) in [6.07, 6.45) is 12.2. The molecule has 0 saturated carbocycles. The van der Waals surface area contributed by atoms with Crippen LogP contribution in [-0.4, -0.2) is 28.9 Å². The Morgan fingerprint density at radius 3 is 2.27 bits per heavy atom. The second-order valence-electron chi connectivity index (χ2n) is 14.0. The third kappa shape index (κ3) is 6.75. The summed E-state index contributed by atoms with van der Waals surface area (Å²) in [5.41, 5.74) is 7.24. The second kappa shape index (κ2) is 12.3. The van der Waals surface area contributed by atoms with Gasteiger partial charge in [0.15, 0.2) is 0 Å². The largest absolute Gasteiger partial charge is 0.543 e. The van der Waals surface area contributed by atoms with E-state index in [0.717, 1.165) is 48.3 Å². The molecule has 6 heteroatoms. The average Bonchev–Trinajstić information content (AvgIpc) is 3.31. The van der Waals surface area contributed by atoms with Crippen LogP contribution >= 0.6 is 0 Å². The number of aromatic nitrogens is 3. The summed E-state index contributed by atoms with van der Waals surface area (Å²) in [5.74, 6) is 2.25. The van der Waals surface area contributed by atoms with Gasteiger partial charge in [-0.3, -0.25) is 0 Å². The molecule has 0 aliphatic carbocycles. The van der Waals surface area contributed by atoms with Gasteiger partial charge in [0.2, 0.25) is 0 Å². The van der Waals surface area contributed by atoms with Crippen LogP contribution in [0.2, 0.25) is 18.1 Å². The molecule has 0 amide bonds. The first-order chi connectivity index (χ1) is 18.8. The van der Waals surface area contributed by atoms with Crippen molar-refractivity contribution < 1.29 is 9.16 Å². The van der Waals surface area contributed by atoms with E-state index in [-0.39, 0.29) is 10.6 Å². The summed E-state index contributed by atoms with van der Waals surface area (Å²) >= 11 is 0. The Kier molecular flexibility index (Phi) is 9.38. The van der Waals surface area contributed by atoms with Crippen LogP contribution in [0.25, 0.3) is 11.0 Å². The van der Waals surface area contributed by atoms with E-state index in [1.54, 1.807) is 0 Å². The highest BCUT2D eigenvalue weighted by molar-refractivity contribution is 6.74. The Balaban J connectivity index is 1.22. The van der Waals surface area contributed by atoms with Gasteiger partial charge in [0, 0.05) is 12.1 Å². The Morgan fingerprint density at radius 1 is 0.925 bits per heavy atom. The average molecular weight is 564 g/mol. The van der Waals surface area contributed by atoms with Gasteiger partial charge in [-0.1, -0.05) is 70.2 Å². The van der Waals surface area contributed by atoms with E-state index >= 15 is 0 Å². The van der Waals surface area contributed by atoms with Crippen LogP contribution in [0, 0.1) is 20.8 Å². The Labute approximate surface area is 244 Å². The number of unbranched alkanes of at least 4 members (excludes halogenated alkanes) is 6. The van der Waals surface area contributed by atoms with Crippen LogP contribution in [0.15, 0.2) is 24.3 Å². The topological polar surface area (TPSA) is 49.2 Å². The van der Waals surface area contributed by atoms with E-state index < -0.39 is 8.32 Å². The lowest BCUT2D eigenvalue weighted by Crippen LogP contribution is -2.44. The molecular weight excluding hydrogens is 510 g/mol. The first-order valence-corrected chi connectivity index (χ1v) is 18.5. The predicted octanol–water partition coefficient (Wildman–Crippen LogP) is 9.65. The van der Waals surface area contributed by atoms with Crippen molar-refractivity contribution in [1.29, 1.82) is 0 Å². The maximum atomic E-state index is 6.87. The van der Waals surface area contributed by atoms with Crippen molar-refractivity contribution in [3.63, 3.8) is 0 Å². The smallest absolute Gasteiger partial charge is 0.250 e. The number of aryl methyl sites for hydroxylation is 1. The molecule has 220 valence electrons. The highest BCUT2D eigenvalue weighted by Crippen LogP contribution is 2.47. The van der Waals surface area contributed by atoms with Gasteiger partial charge in [0.05, 0.1) is 5.52 Å². The molecule has 1 aliphatic rings. The van der Waals surface area contributed by atoms with Gasteiger partial charge in [-0.15, -0.1) is 5.10 Å². The molecule has 2 heterocycles. The summed E-state index contributed by atoms with van der Waals surface area (Å²) < 4.78 is 15.7. The van der Waals surface area contributed by atoms with Crippen molar-refractivity contribution >= 4 is 19.4 Å². The fourth-order valence-corrected chi connectivity index (χ4v) is 6.87. The zero-order valence-electron chi connectivity index (χ0n) is 26.7. The monoisotopic (exact) mass is 563 g/mol. The van der Waals surface area contributed by atoms with E-state index in [0.29, 0.717) is 0 Å². The minimum absolute atomic E-state index is 0.0704. The fourth-order valence-electron chi connectivity index (χ4n) is 5.75. The molecule has 0 bridgehead atoms. The maximum Gasteiger partial charge on any atom is 0.250 e. The Morgan fingerprint density at radius 2 is 1.57 bits per heavy atom. The van der Waals surface area contributed by atoms with Gasteiger partial charge in [-0.05, 0) is 107 Å². The second-order valence-corrected chi connectivity index (χ2v) is 18.7. The predicted molar refractivity (Wildman–Crippen MR) is 170 cm³/mol. The molecule has 0 spiro atoms. The number of benzene rings is 2. The Bertz CT molecular complexity index is 1310. The van der Waals surface area contributed by atoms with Crippen LogP contribution in [0.3, 0.4) is 0 Å². The minimum atomic E-state index is -1.91. The molecule has 0 N–H and O–H groups in total. The SMILES string of the molecule is Cc1c(C)c2c(c(C)c1O[Si](C)(C)C(C)(C)C)CC[C@@](C)(CCCCCCCCCn1nnc3ccccc31)O2. The first kappa shape index (κ1) is 30.6. The maximum absolute atomic E-state index is 6.87. The third-order valence-electron chi connectivity index (χ3n) is 9.72. The number of para-hydroxylation sites is 1. The number of rotatable bonds is 12. The minimum Gasteiger partial charge on any atom is -0.543 e. The highest BCUT2D eigenvalue weighted by Gasteiger charge is 2.41. The van der Waals surface area contributed by atoms with Crippen molar-refractivity contribution in [2.24, 2.45) is 0 Å². The standard InChI is InChI=1S/C34H53N3O2Si/c1-25-26(2)32-28(27(3)31(25)39-40(8,9)33(4,5)6)21-23-34(7,38-32)22-17-13-11-10-12-14-18-24-37-30-20-16-15-19-29(30)35-36-37/h15-16,19-20H,10-14,17-18,21-24H2,1-9H3/t34-/m1/s1. The summed E-state index contributed by atoms with van der Waals surface area (Å²) in [7, 11) is -1.91. The Hall–Kier alpha value is -2.34. The quantitative estimate of drug-likeness (QED) is 0.163. The molecule has 0 fully saturated rings. The van der Waals surface area contributed by atoms with Crippen molar-refractivity contribution in [1.82, 2.24) is 15.0 Å². The van der Waals surface area contributed by atoms with Crippen molar-refractivity contribution in [2.45, 2.75) is 143 Å². The molecule has 0 saturated heterocycles. The number of fused-ring (bicyclic) bond motifs is 2. The van der Waals surface area contributed by atoms with E-state index in [2.05, 4.69) is 84.0 Å². The van der Waals surface area contributed by atoms with E-state index in [1.165, 1.54) is 67.2 Å². The van der Waals surface area contributed by atoms with Gasteiger partial charge < -0.3 is 9.16 Å². The van der Waals surface area contributed by atoms with Crippen LogP contribution in [-0.2, 0) is 13.0 Å². The highest BCUT2D eigenvalue weighted by atomic mass is 28.4. The number of hydrogen-bond acceptors (Lipinski definition) is 4. The molecule has 0 radical (unpaired) electrons. The van der Waals surface area contributed by atoms with Crippen LogP contribution in [0.5, 0.6) is 11.5 Å². The van der Waals surface area contributed by atoms with Crippen molar-refractivity contribution in [2.75, 3.05) is 0 Å². The molecule has 0 unspecified atom stereocenters. The lowest BCUT2D eigenvalue weighted by Gasteiger charge is -2.41. The summed E-state index contributed by atoms with van der Waals surface area (Å²) in [5, 5.41) is 8.75. The van der Waals surface area contributed by atoms with Gasteiger partial charge in [-0.2, -0.15) is 0 Å². The zero-order chi connectivity index (χ0) is 29.1. The number of hydrogen-bond donors (Lipinski definition) is 0. The lowest BCUT2D eigenvalue weighted by molar-refractivity contribution is 0.0522. The molecular formula is C34H53N3O2Si. The molecule has 1 aliphatic heterocycles. The molecule has 5 nitrogen and oxygen atoms in total. The first-order valence-electron chi connectivity index (χ1n) is 15.6. The van der Waals surface area contributed by atoms with Crippen molar-refractivity contribution in [3.8, 4) is 11.5 Å². The molecule has 1 aromatic heterocycles. The summed E-state index contributed by atoms with van der Waals surface area (Å²) in [4.78, 5) is 0. The molecule has 1 atom stereocenters. The van der Waals surface area contributed by atoms with Gasteiger partial charge in [0.1, 0.15) is 22.6 Å². The summed E-state index contributed by atoms with van der Waals surface area (Å²) in [6.45, 7) is 21.6. The van der Waals surface area contributed by atoms with Crippen molar-refractivity contribution in [3.05, 3.63) is 46.5 Å². The molecule has 40 heavy (non-hydrogen) atoms.